The molecule has 0 bridgehead atoms. The summed E-state index contributed by atoms with van der Waals surface area (Å²) in [5.41, 5.74) is 1.38. The number of anilines is 1. The van der Waals surface area contributed by atoms with Gasteiger partial charge in [0.2, 0.25) is 5.91 Å². The summed E-state index contributed by atoms with van der Waals surface area (Å²) in [5.74, 6) is -3.37. The van der Waals surface area contributed by atoms with Crippen LogP contribution in [0.2, 0.25) is 0 Å². The van der Waals surface area contributed by atoms with E-state index in [9.17, 15) is 23.6 Å². The molecule has 1 unspecified atom stereocenters. The number of hydrogen-bond donors (Lipinski definition) is 0. The van der Waals surface area contributed by atoms with Crippen LogP contribution in [0.3, 0.4) is 0 Å². The first-order chi connectivity index (χ1) is 13.9. The lowest BCUT2D eigenvalue weighted by atomic mass is 9.90. The standard InChI is InChI=1S/C22H15F2N3O2/c1-12-11-26(13(2)28)20-15-8-9-16(23)19(24)21(15)27(17(10-25)18(12)20)22(29)14-6-4-3-5-7-14/h3-9,11,17H,1-2H3. The second-order valence-electron chi connectivity index (χ2n) is 6.79. The number of aromatic nitrogens is 1. The van der Waals surface area contributed by atoms with Crippen LogP contribution >= 0.6 is 0 Å². The molecule has 0 saturated carbocycles. The summed E-state index contributed by atoms with van der Waals surface area (Å²) in [6.45, 7) is 3.04. The number of nitriles is 1. The zero-order valence-corrected chi connectivity index (χ0v) is 15.6. The van der Waals surface area contributed by atoms with Crippen molar-refractivity contribution in [1.82, 2.24) is 4.57 Å². The molecule has 2 heterocycles. The first kappa shape index (κ1) is 18.6. The summed E-state index contributed by atoms with van der Waals surface area (Å²) in [5, 5.41) is 9.91. The van der Waals surface area contributed by atoms with E-state index in [-0.39, 0.29) is 22.7 Å². The number of halogens is 2. The average Bonchev–Trinajstić information content (AvgIpc) is 3.07. The number of hydrogen-bond acceptors (Lipinski definition) is 3. The number of carbonyl (C=O) groups is 2. The van der Waals surface area contributed by atoms with Crippen LogP contribution in [-0.4, -0.2) is 16.4 Å². The Hall–Kier alpha value is -3.79. The van der Waals surface area contributed by atoms with E-state index in [1.165, 1.54) is 29.7 Å². The van der Waals surface area contributed by atoms with Gasteiger partial charge in [0.25, 0.3) is 5.91 Å². The Morgan fingerprint density at radius 3 is 2.41 bits per heavy atom. The van der Waals surface area contributed by atoms with Gasteiger partial charge >= 0.3 is 0 Å². The average molecular weight is 391 g/mol. The minimum absolute atomic E-state index is 0.179. The number of nitrogens with zero attached hydrogens (tertiary/aromatic N) is 3. The van der Waals surface area contributed by atoms with Crippen molar-refractivity contribution < 1.29 is 18.4 Å². The van der Waals surface area contributed by atoms with E-state index in [0.717, 1.165) is 11.0 Å². The monoisotopic (exact) mass is 391 g/mol. The van der Waals surface area contributed by atoms with Crippen LogP contribution < -0.4 is 4.90 Å². The Bertz CT molecular complexity index is 1210. The molecule has 3 aromatic rings. The van der Waals surface area contributed by atoms with E-state index in [4.69, 9.17) is 0 Å². The second kappa shape index (κ2) is 6.67. The lowest BCUT2D eigenvalue weighted by Crippen LogP contribution is -2.38. The van der Waals surface area contributed by atoms with Crippen molar-refractivity contribution in [1.29, 1.82) is 5.26 Å². The highest BCUT2D eigenvalue weighted by Gasteiger charge is 2.41. The molecular weight excluding hydrogens is 376 g/mol. The van der Waals surface area contributed by atoms with Crippen LogP contribution in [0.5, 0.6) is 0 Å². The molecule has 7 heteroatoms. The van der Waals surface area contributed by atoms with Crippen molar-refractivity contribution in [2.75, 3.05) is 4.90 Å². The lowest BCUT2D eigenvalue weighted by Gasteiger charge is -2.35. The molecule has 0 N–H and O–H groups in total. The van der Waals surface area contributed by atoms with Gasteiger partial charge in [-0.1, -0.05) is 18.2 Å². The van der Waals surface area contributed by atoms with Crippen LogP contribution in [0.4, 0.5) is 14.5 Å². The molecule has 0 spiro atoms. The third-order valence-corrected chi connectivity index (χ3v) is 5.04. The minimum Gasteiger partial charge on any atom is -0.287 e. The Kier molecular flexibility index (Phi) is 4.27. The summed E-state index contributed by atoms with van der Waals surface area (Å²) in [6.07, 6.45) is 1.54. The van der Waals surface area contributed by atoms with Crippen LogP contribution in [0.15, 0.2) is 48.7 Å². The molecule has 5 nitrogen and oxygen atoms in total. The van der Waals surface area contributed by atoms with Crippen molar-refractivity contribution in [2.45, 2.75) is 19.9 Å². The minimum atomic E-state index is -1.24. The molecule has 1 aromatic heterocycles. The molecule has 2 aromatic carbocycles. The number of rotatable bonds is 1. The van der Waals surface area contributed by atoms with E-state index in [0.29, 0.717) is 16.8 Å². The van der Waals surface area contributed by atoms with E-state index in [1.807, 2.05) is 6.07 Å². The topological polar surface area (TPSA) is 66.1 Å². The van der Waals surface area contributed by atoms with Crippen molar-refractivity contribution in [3.63, 3.8) is 0 Å². The van der Waals surface area contributed by atoms with Gasteiger partial charge in [-0.2, -0.15) is 5.26 Å². The molecule has 29 heavy (non-hydrogen) atoms. The summed E-state index contributed by atoms with van der Waals surface area (Å²) in [4.78, 5) is 26.4. The molecule has 0 fully saturated rings. The predicted molar refractivity (Wildman–Crippen MR) is 102 cm³/mol. The van der Waals surface area contributed by atoms with Gasteiger partial charge in [-0.25, -0.2) is 8.78 Å². The number of fused-ring (bicyclic) bond motifs is 3. The highest BCUT2D eigenvalue weighted by atomic mass is 19.2. The van der Waals surface area contributed by atoms with Crippen LogP contribution in [0.1, 0.15) is 39.2 Å². The SMILES string of the molecule is CC(=O)n1cc(C)c2c1-c1ccc(F)c(F)c1N(C(=O)c1ccccc1)C2C#N. The van der Waals surface area contributed by atoms with Gasteiger partial charge in [0.05, 0.1) is 17.5 Å². The molecule has 144 valence electrons. The van der Waals surface area contributed by atoms with E-state index in [2.05, 4.69) is 0 Å². The second-order valence-corrected chi connectivity index (χ2v) is 6.79. The lowest BCUT2D eigenvalue weighted by molar-refractivity contribution is 0.0938. The molecule has 1 atom stereocenters. The quantitative estimate of drug-likeness (QED) is 0.608. The fraction of sp³-hybridized carbons (Fsp3) is 0.136. The highest BCUT2D eigenvalue weighted by Crippen LogP contribution is 2.48. The van der Waals surface area contributed by atoms with Crippen LogP contribution in [-0.2, 0) is 0 Å². The predicted octanol–water partition coefficient (Wildman–Crippen LogP) is 4.63. The maximum Gasteiger partial charge on any atom is 0.259 e. The van der Waals surface area contributed by atoms with Crippen molar-refractivity contribution in [3.05, 3.63) is 77.0 Å². The molecule has 4 rings (SSSR count). The van der Waals surface area contributed by atoms with Gasteiger partial charge < -0.3 is 0 Å². The van der Waals surface area contributed by atoms with Gasteiger partial charge in [0.1, 0.15) is 0 Å². The number of carbonyl (C=O) groups excluding carboxylic acids is 2. The third kappa shape index (κ3) is 2.64. The van der Waals surface area contributed by atoms with Gasteiger partial charge in [-0.05, 0) is 36.8 Å². The van der Waals surface area contributed by atoms with Gasteiger partial charge in [0.15, 0.2) is 17.7 Å². The van der Waals surface area contributed by atoms with Crippen molar-refractivity contribution in [3.8, 4) is 17.3 Å². The fourth-order valence-electron chi connectivity index (χ4n) is 3.80. The van der Waals surface area contributed by atoms with Gasteiger partial charge in [-0.15, -0.1) is 0 Å². The Morgan fingerprint density at radius 1 is 1.10 bits per heavy atom. The molecular formula is C22H15F2N3O2. The Labute approximate surface area is 165 Å². The largest absolute Gasteiger partial charge is 0.287 e. The summed E-state index contributed by atoms with van der Waals surface area (Å²) >= 11 is 0. The number of amides is 1. The summed E-state index contributed by atoms with van der Waals surface area (Å²) in [7, 11) is 0. The summed E-state index contributed by atoms with van der Waals surface area (Å²) in [6, 6.07) is 11.2. The van der Waals surface area contributed by atoms with E-state index >= 15 is 0 Å². The normalized spacial score (nSPS) is 14.7. The van der Waals surface area contributed by atoms with Crippen LogP contribution in [0.25, 0.3) is 11.3 Å². The van der Waals surface area contributed by atoms with Gasteiger partial charge in [0, 0.05) is 29.8 Å². The fourth-order valence-corrected chi connectivity index (χ4v) is 3.80. The van der Waals surface area contributed by atoms with Crippen molar-refractivity contribution in [2.24, 2.45) is 0 Å². The molecule has 0 radical (unpaired) electrons. The third-order valence-electron chi connectivity index (χ3n) is 5.04. The highest BCUT2D eigenvalue weighted by molar-refractivity contribution is 6.11. The van der Waals surface area contributed by atoms with E-state index < -0.39 is 23.6 Å². The molecule has 1 aliphatic heterocycles. The molecule has 1 amide bonds. The van der Waals surface area contributed by atoms with Gasteiger partial charge in [-0.3, -0.25) is 19.1 Å². The van der Waals surface area contributed by atoms with E-state index in [1.54, 1.807) is 31.3 Å². The Morgan fingerprint density at radius 2 is 1.79 bits per heavy atom. The summed E-state index contributed by atoms with van der Waals surface area (Å²) < 4.78 is 30.4. The first-order valence-corrected chi connectivity index (χ1v) is 8.86. The Balaban J connectivity index is 2.08. The van der Waals surface area contributed by atoms with Crippen LogP contribution in [0, 0.1) is 29.9 Å². The molecule has 0 aliphatic carbocycles. The maximum absolute atomic E-state index is 15.0. The zero-order chi connectivity index (χ0) is 20.9. The molecule has 1 aliphatic rings. The van der Waals surface area contributed by atoms with Crippen molar-refractivity contribution >= 4 is 17.5 Å². The molecule has 0 saturated heterocycles. The smallest absolute Gasteiger partial charge is 0.259 e. The number of benzene rings is 2. The zero-order valence-electron chi connectivity index (χ0n) is 15.6. The first-order valence-electron chi connectivity index (χ1n) is 8.86. The maximum atomic E-state index is 15.0. The number of aryl methyl sites for hydroxylation is 1.